The zero-order chi connectivity index (χ0) is 7.68. The molecule has 1 aliphatic carbocycles. The topological polar surface area (TPSA) is 36.2 Å². The fraction of sp³-hybridized carbons (Fsp3) is 0. The van der Waals surface area contributed by atoms with Crippen LogP contribution in [0.3, 0.4) is 0 Å². The van der Waals surface area contributed by atoms with Crippen LogP contribution in [0.2, 0.25) is 0 Å². The van der Waals surface area contributed by atoms with Gasteiger partial charge in [0, 0.05) is 12.5 Å². The van der Waals surface area contributed by atoms with Crippen LogP contribution >= 0.6 is 0 Å². The van der Waals surface area contributed by atoms with Gasteiger partial charge >= 0.3 is 0 Å². The maximum atomic E-state index is 7.27. The van der Waals surface area contributed by atoms with E-state index in [1.165, 1.54) is 0 Å². The maximum Gasteiger partial charge on any atom is 0.182 e. The number of nitrogens with one attached hydrogen (secondary N) is 1. The van der Waals surface area contributed by atoms with Crippen LogP contribution < -0.4 is 0 Å². The predicted octanol–water partition coefficient (Wildman–Crippen LogP) is 1.67. The summed E-state index contributed by atoms with van der Waals surface area (Å²) < 4.78 is 0. The van der Waals surface area contributed by atoms with E-state index in [1.54, 1.807) is 6.08 Å². The molecule has 0 bridgehead atoms. The van der Waals surface area contributed by atoms with Crippen LogP contribution in [-0.2, 0) is 0 Å². The molecule has 11 heavy (non-hydrogen) atoms. The molecule has 0 aromatic rings. The number of dihydropyridines is 1. The summed E-state index contributed by atoms with van der Waals surface area (Å²) in [6, 6.07) is 0. The Morgan fingerprint density at radius 3 is 3.09 bits per heavy atom. The summed E-state index contributed by atoms with van der Waals surface area (Å²) in [5.74, 6) is 0.323. The summed E-state index contributed by atoms with van der Waals surface area (Å²) in [5.41, 5.74) is 1.98. The highest BCUT2D eigenvalue weighted by atomic mass is 14.8. The Hall–Kier alpha value is -1.57. The minimum Gasteiger partial charge on any atom is -0.283 e. The van der Waals surface area contributed by atoms with Crippen LogP contribution in [-0.4, -0.2) is 11.5 Å². The van der Waals surface area contributed by atoms with E-state index in [2.05, 4.69) is 4.99 Å². The highest BCUT2D eigenvalue weighted by molar-refractivity contribution is 6.19. The Labute approximate surface area is 65.2 Å². The number of amidine groups is 1. The molecule has 0 aromatic carbocycles. The summed E-state index contributed by atoms with van der Waals surface area (Å²) in [7, 11) is 0. The molecule has 1 aliphatic heterocycles. The first kappa shape index (κ1) is 6.16. The molecular formula is C9H7N2+. The van der Waals surface area contributed by atoms with Gasteiger partial charge in [0.25, 0.3) is 0 Å². The molecule has 2 nitrogen and oxygen atoms in total. The minimum atomic E-state index is 0.323. The van der Waals surface area contributed by atoms with Crippen LogP contribution in [0.25, 0.3) is 0 Å². The number of aliphatic imine (C=N–C) groups is 1. The minimum absolute atomic E-state index is 0.323. The van der Waals surface area contributed by atoms with E-state index in [1.807, 2.05) is 30.7 Å². The summed E-state index contributed by atoms with van der Waals surface area (Å²) in [5, 5.41) is 7.27. The van der Waals surface area contributed by atoms with Crippen molar-refractivity contribution in [2.45, 2.75) is 0 Å². The van der Waals surface area contributed by atoms with Gasteiger partial charge in [-0.3, -0.25) is 5.41 Å². The number of hydrogen-bond acceptors (Lipinski definition) is 1. The van der Waals surface area contributed by atoms with E-state index in [0.29, 0.717) is 5.84 Å². The molecule has 2 aliphatic rings. The first-order valence-corrected chi connectivity index (χ1v) is 3.44. The van der Waals surface area contributed by atoms with Crippen molar-refractivity contribution in [2.24, 2.45) is 4.99 Å². The smallest absolute Gasteiger partial charge is 0.182 e. The van der Waals surface area contributed by atoms with Crippen LogP contribution in [0.1, 0.15) is 0 Å². The van der Waals surface area contributed by atoms with Gasteiger partial charge in [0.2, 0.25) is 0 Å². The van der Waals surface area contributed by atoms with Gasteiger partial charge in [0.05, 0.1) is 18.2 Å². The number of nitrogens with zero attached hydrogens (tertiary/aromatic N) is 1. The number of rotatable bonds is 0. The van der Waals surface area contributed by atoms with Crippen LogP contribution in [0.15, 0.2) is 40.9 Å². The Balaban J connectivity index is 2.44. The second-order valence-electron chi connectivity index (χ2n) is 2.39. The van der Waals surface area contributed by atoms with Crippen LogP contribution in [0, 0.1) is 11.8 Å². The molecule has 0 spiro atoms. The Morgan fingerprint density at radius 1 is 1.27 bits per heavy atom. The third kappa shape index (κ3) is 1.03. The molecule has 52 valence electrons. The molecule has 0 saturated carbocycles. The molecule has 0 radical (unpaired) electrons. The maximum absolute atomic E-state index is 7.27. The van der Waals surface area contributed by atoms with Gasteiger partial charge in [-0.1, -0.05) is 0 Å². The van der Waals surface area contributed by atoms with E-state index < -0.39 is 0 Å². The second-order valence-corrected chi connectivity index (χ2v) is 2.39. The van der Waals surface area contributed by atoms with Gasteiger partial charge in [-0.25, -0.2) is 4.99 Å². The summed E-state index contributed by atoms with van der Waals surface area (Å²) >= 11 is 0. The zero-order valence-electron chi connectivity index (χ0n) is 5.91. The lowest BCUT2D eigenvalue weighted by Crippen LogP contribution is -2.08. The largest absolute Gasteiger partial charge is 0.283 e. The van der Waals surface area contributed by atoms with Gasteiger partial charge in [-0.15, -0.1) is 0 Å². The van der Waals surface area contributed by atoms with Crippen molar-refractivity contribution >= 4 is 11.5 Å². The SMILES string of the molecule is N=C1C=CC2=C[CH+]C=CC2=N1. The van der Waals surface area contributed by atoms with E-state index >= 15 is 0 Å². The molecule has 0 atom stereocenters. The number of allylic oxidation sites excluding steroid dienone is 5. The van der Waals surface area contributed by atoms with E-state index in [0.717, 1.165) is 11.3 Å². The summed E-state index contributed by atoms with van der Waals surface area (Å²) in [6.07, 6.45) is 11.4. The molecule has 1 N–H and O–H groups in total. The van der Waals surface area contributed by atoms with Crippen molar-refractivity contribution in [3.63, 3.8) is 0 Å². The number of hydrogen-bond donors (Lipinski definition) is 1. The standard InChI is InChI=1S/C9H7N2/c10-9-6-5-7-3-1-2-4-8(7)11-9/h1-6,10H/q+1. The first-order valence-electron chi connectivity index (χ1n) is 3.44. The fourth-order valence-corrected chi connectivity index (χ4v) is 1.07. The summed E-state index contributed by atoms with van der Waals surface area (Å²) in [4.78, 5) is 4.04. The lowest BCUT2D eigenvalue weighted by Gasteiger charge is -2.02. The van der Waals surface area contributed by atoms with Crippen molar-refractivity contribution < 1.29 is 0 Å². The van der Waals surface area contributed by atoms with Gasteiger partial charge < -0.3 is 0 Å². The van der Waals surface area contributed by atoms with Crippen molar-refractivity contribution in [3.05, 3.63) is 42.4 Å². The molecular weight excluding hydrogens is 136 g/mol. The second kappa shape index (κ2) is 2.23. The molecule has 0 aromatic heterocycles. The molecule has 2 rings (SSSR count). The van der Waals surface area contributed by atoms with Crippen molar-refractivity contribution in [1.29, 1.82) is 5.41 Å². The first-order chi connectivity index (χ1) is 5.36. The normalized spacial score (nSPS) is 20.2. The van der Waals surface area contributed by atoms with Crippen molar-refractivity contribution in [1.82, 2.24) is 0 Å². The summed E-state index contributed by atoms with van der Waals surface area (Å²) in [6.45, 7) is 0. The third-order valence-corrected chi connectivity index (χ3v) is 1.60. The van der Waals surface area contributed by atoms with Gasteiger partial charge in [0.1, 0.15) is 11.4 Å². The highest BCUT2D eigenvalue weighted by Gasteiger charge is 2.16. The lowest BCUT2D eigenvalue weighted by molar-refractivity contribution is 1.43. The average molecular weight is 143 g/mol. The lowest BCUT2D eigenvalue weighted by atomic mass is 10.0. The molecule has 0 saturated heterocycles. The predicted molar refractivity (Wildman–Crippen MR) is 45.8 cm³/mol. The molecule has 2 heteroatoms. The van der Waals surface area contributed by atoms with Gasteiger partial charge in [-0.2, -0.15) is 0 Å². The monoisotopic (exact) mass is 143 g/mol. The van der Waals surface area contributed by atoms with Crippen molar-refractivity contribution in [3.8, 4) is 0 Å². The number of fused-ring (bicyclic) bond motifs is 1. The quantitative estimate of drug-likeness (QED) is 0.501. The van der Waals surface area contributed by atoms with E-state index in [-0.39, 0.29) is 0 Å². The zero-order valence-corrected chi connectivity index (χ0v) is 5.91. The van der Waals surface area contributed by atoms with Gasteiger partial charge in [-0.05, 0) is 6.08 Å². The van der Waals surface area contributed by atoms with Crippen LogP contribution in [0.5, 0.6) is 0 Å². The van der Waals surface area contributed by atoms with Crippen LogP contribution in [0.4, 0.5) is 0 Å². The molecule has 0 unspecified atom stereocenters. The Kier molecular flexibility index (Phi) is 1.25. The van der Waals surface area contributed by atoms with E-state index in [4.69, 9.17) is 5.41 Å². The third-order valence-electron chi connectivity index (χ3n) is 1.60. The van der Waals surface area contributed by atoms with Gasteiger partial charge in [0.15, 0.2) is 5.71 Å². The molecule has 1 heterocycles. The molecule has 0 fully saturated rings. The Morgan fingerprint density at radius 2 is 2.18 bits per heavy atom. The van der Waals surface area contributed by atoms with E-state index in [9.17, 15) is 0 Å². The Bertz CT molecular complexity index is 316. The van der Waals surface area contributed by atoms with Crippen molar-refractivity contribution in [2.75, 3.05) is 0 Å². The average Bonchev–Trinajstić information content (AvgIpc) is 2.04. The highest BCUT2D eigenvalue weighted by Crippen LogP contribution is 2.13. The molecule has 0 amide bonds. The fourth-order valence-electron chi connectivity index (χ4n) is 1.07.